The molecule has 0 saturated carbocycles. The van der Waals surface area contributed by atoms with Crippen LogP contribution in [0.2, 0.25) is 0 Å². The van der Waals surface area contributed by atoms with Gasteiger partial charge in [0.2, 0.25) is 0 Å². The van der Waals surface area contributed by atoms with E-state index in [1.165, 1.54) is 16.8 Å². The molecule has 0 saturated heterocycles. The number of carbonyl (C=O) groups excluding carboxylic acids is 1. The van der Waals surface area contributed by atoms with Gasteiger partial charge in [-0.2, -0.15) is 5.10 Å². The van der Waals surface area contributed by atoms with Gasteiger partial charge >= 0.3 is 0 Å². The van der Waals surface area contributed by atoms with Crippen molar-refractivity contribution in [3.05, 3.63) is 82.4 Å². The molecule has 0 radical (unpaired) electrons. The van der Waals surface area contributed by atoms with Crippen molar-refractivity contribution in [1.29, 1.82) is 0 Å². The standard InChI is InChI=1S/C19H16F3N3O/c1-11-18(19(26)23-10-13-5-3-4-6-15(13)21)12(2)25(24-11)17-8-7-14(20)9-16(17)22/h3-9H,10H2,1-2H3,(H,23,26). The summed E-state index contributed by atoms with van der Waals surface area (Å²) in [5.74, 6) is -2.34. The molecule has 0 aliphatic rings. The molecule has 7 heteroatoms. The first kappa shape index (κ1) is 17.7. The predicted octanol–water partition coefficient (Wildman–Crippen LogP) is 3.84. The molecule has 0 unspecified atom stereocenters. The van der Waals surface area contributed by atoms with Crippen LogP contribution in [0.25, 0.3) is 5.69 Å². The lowest BCUT2D eigenvalue weighted by molar-refractivity contribution is 0.0949. The average Bonchev–Trinajstić information content (AvgIpc) is 2.88. The first-order chi connectivity index (χ1) is 12.4. The van der Waals surface area contributed by atoms with Crippen LogP contribution in [0.4, 0.5) is 13.2 Å². The second-order valence-corrected chi connectivity index (χ2v) is 5.83. The quantitative estimate of drug-likeness (QED) is 0.769. The lowest BCUT2D eigenvalue weighted by Crippen LogP contribution is -2.24. The summed E-state index contributed by atoms with van der Waals surface area (Å²) in [5.41, 5.74) is 1.45. The van der Waals surface area contributed by atoms with Gasteiger partial charge in [0, 0.05) is 18.2 Å². The molecule has 0 atom stereocenters. The van der Waals surface area contributed by atoms with Crippen LogP contribution in [0.5, 0.6) is 0 Å². The van der Waals surface area contributed by atoms with Crippen LogP contribution in [0, 0.1) is 31.3 Å². The summed E-state index contributed by atoms with van der Waals surface area (Å²) in [5, 5.41) is 6.82. The Labute approximate surface area is 148 Å². The highest BCUT2D eigenvalue weighted by Gasteiger charge is 2.21. The Hall–Kier alpha value is -3.09. The summed E-state index contributed by atoms with van der Waals surface area (Å²) in [6, 6.07) is 9.26. The third kappa shape index (κ3) is 3.33. The third-order valence-corrected chi connectivity index (χ3v) is 4.05. The van der Waals surface area contributed by atoms with Gasteiger partial charge in [-0.1, -0.05) is 18.2 Å². The number of carbonyl (C=O) groups is 1. The van der Waals surface area contributed by atoms with E-state index in [2.05, 4.69) is 10.4 Å². The first-order valence-electron chi connectivity index (χ1n) is 7.91. The fourth-order valence-corrected chi connectivity index (χ4v) is 2.76. The minimum absolute atomic E-state index is 0.0144. The number of nitrogens with one attached hydrogen (secondary N) is 1. The Morgan fingerprint density at radius 2 is 1.81 bits per heavy atom. The number of hydrogen-bond donors (Lipinski definition) is 1. The van der Waals surface area contributed by atoms with Crippen LogP contribution < -0.4 is 5.32 Å². The molecule has 26 heavy (non-hydrogen) atoms. The number of aryl methyl sites for hydroxylation is 1. The van der Waals surface area contributed by atoms with Crippen molar-refractivity contribution in [3.63, 3.8) is 0 Å². The molecule has 0 aliphatic carbocycles. The van der Waals surface area contributed by atoms with Crippen molar-refractivity contribution in [3.8, 4) is 5.69 Å². The average molecular weight is 359 g/mol. The van der Waals surface area contributed by atoms with Gasteiger partial charge < -0.3 is 5.32 Å². The Morgan fingerprint density at radius 1 is 1.08 bits per heavy atom. The number of benzene rings is 2. The van der Waals surface area contributed by atoms with E-state index in [-0.39, 0.29) is 17.8 Å². The van der Waals surface area contributed by atoms with Gasteiger partial charge in [-0.05, 0) is 32.0 Å². The second kappa shape index (κ2) is 7.03. The Morgan fingerprint density at radius 3 is 2.50 bits per heavy atom. The number of halogens is 3. The van der Waals surface area contributed by atoms with E-state index >= 15 is 0 Å². The zero-order valence-corrected chi connectivity index (χ0v) is 14.2. The van der Waals surface area contributed by atoms with Crippen LogP contribution in [0.15, 0.2) is 42.5 Å². The minimum atomic E-state index is -0.783. The molecule has 0 spiro atoms. The molecule has 1 N–H and O–H groups in total. The van der Waals surface area contributed by atoms with Crippen molar-refractivity contribution in [2.45, 2.75) is 20.4 Å². The zero-order chi connectivity index (χ0) is 18.8. The van der Waals surface area contributed by atoms with Gasteiger partial charge in [-0.3, -0.25) is 4.79 Å². The van der Waals surface area contributed by atoms with E-state index < -0.39 is 23.4 Å². The highest BCUT2D eigenvalue weighted by atomic mass is 19.1. The van der Waals surface area contributed by atoms with E-state index in [1.807, 2.05) is 0 Å². The molecular weight excluding hydrogens is 343 g/mol. The van der Waals surface area contributed by atoms with Gasteiger partial charge in [0.25, 0.3) is 5.91 Å². The number of amides is 1. The first-order valence-corrected chi connectivity index (χ1v) is 7.91. The maximum Gasteiger partial charge on any atom is 0.255 e. The van der Waals surface area contributed by atoms with E-state index in [0.717, 1.165) is 12.1 Å². The smallest absolute Gasteiger partial charge is 0.255 e. The van der Waals surface area contributed by atoms with Crippen LogP contribution in [0.3, 0.4) is 0 Å². The minimum Gasteiger partial charge on any atom is -0.348 e. The Balaban J connectivity index is 1.88. The normalized spacial score (nSPS) is 10.8. The summed E-state index contributed by atoms with van der Waals surface area (Å²) in [4.78, 5) is 12.5. The molecule has 3 rings (SSSR count). The molecule has 0 aliphatic heterocycles. The SMILES string of the molecule is Cc1nn(-c2ccc(F)cc2F)c(C)c1C(=O)NCc1ccccc1F. The number of aromatic nitrogens is 2. The van der Waals surface area contributed by atoms with Gasteiger partial charge in [0.1, 0.15) is 17.3 Å². The van der Waals surface area contributed by atoms with Gasteiger partial charge in [0.05, 0.1) is 17.0 Å². The van der Waals surface area contributed by atoms with Gasteiger partial charge in [-0.25, -0.2) is 17.9 Å². The Bertz CT molecular complexity index is 982. The number of rotatable bonds is 4. The molecule has 134 valence electrons. The van der Waals surface area contributed by atoms with Gasteiger partial charge in [0.15, 0.2) is 5.82 Å². The van der Waals surface area contributed by atoms with E-state index in [0.29, 0.717) is 17.0 Å². The molecule has 1 heterocycles. The third-order valence-electron chi connectivity index (χ3n) is 4.05. The molecule has 0 bridgehead atoms. The zero-order valence-electron chi connectivity index (χ0n) is 14.2. The van der Waals surface area contributed by atoms with Gasteiger partial charge in [-0.15, -0.1) is 0 Å². The summed E-state index contributed by atoms with van der Waals surface area (Å²) in [6.07, 6.45) is 0. The lowest BCUT2D eigenvalue weighted by Gasteiger charge is -2.08. The van der Waals surface area contributed by atoms with Crippen molar-refractivity contribution in [1.82, 2.24) is 15.1 Å². The molecule has 0 fully saturated rings. The van der Waals surface area contributed by atoms with E-state index in [1.54, 1.807) is 32.0 Å². The van der Waals surface area contributed by atoms with Crippen molar-refractivity contribution in [2.75, 3.05) is 0 Å². The highest BCUT2D eigenvalue weighted by molar-refractivity contribution is 5.96. The topological polar surface area (TPSA) is 46.9 Å². The van der Waals surface area contributed by atoms with Crippen molar-refractivity contribution < 1.29 is 18.0 Å². The maximum atomic E-state index is 14.0. The molecule has 3 aromatic rings. The van der Waals surface area contributed by atoms with Crippen LogP contribution in [0.1, 0.15) is 27.3 Å². The number of nitrogens with zero attached hydrogens (tertiary/aromatic N) is 2. The van der Waals surface area contributed by atoms with Crippen molar-refractivity contribution >= 4 is 5.91 Å². The van der Waals surface area contributed by atoms with Crippen LogP contribution in [-0.4, -0.2) is 15.7 Å². The summed E-state index contributed by atoms with van der Waals surface area (Å²) < 4.78 is 42.1. The molecule has 2 aromatic carbocycles. The van der Waals surface area contributed by atoms with Crippen LogP contribution >= 0.6 is 0 Å². The number of hydrogen-bond acceptors (Lipinski definition) is 2. The van der Waals surface area contributed by atoms with E-state index in [4.69, 9.17) is 0 Å². The molecule has 1 amide bonds. The fourth-order valence-electron chi connectivity index (χ4n) is 2.76. The molecular formula is C19H16F3N3O. The molecule has 1 aromatic heterocycles. The maximum absolute atomic E-state index is 14.0. The summed E-state index contributed by atoms with van der Waals surface area (Å²) in [6.45, 7) is 3.24. The largest absolute Gasteiger partial charge is 0.348 e. The summed E-state index contributed by atoms with van der Waals surface area (Å²) in [7, 11) is 0. The monoisotopic (exact) mass is 359 g/mol. The van der Waals surface area contributed by atoms with Crippen LogP contribution in [-0.2, 0) is 6.54 Å². The predicted molar refractivity (Wildman–Crippen MR) is 90.5 cm³/mol. The summed E-state index contributed by atoms with van der Waals surface area (Å²) >= 11 is 0. The molecule has 4 nitrogen and oxygen atoms in total. The van der Waals surface area contributed by atoms with E-state index in [9.17, 15) is 18.0 Å². The van der Waals surface area contributed by atoms with Crippen molar-refractivity contribution in [2.24, 2.45) is 0 Å². The fraction of sp³-hybridized carbons (Fsp3) is 0.158. The Kier molecular flexibility index (Phi) is 4.79. The highest BCUT2D eigenvalue weighted by Crippen LogP contribution is 2.21. The lowest BCUT2D eigenvalue weighted by atomic mass is 10.1. The second-order valence-electron chi connectivity index (χ2n) is 5.83.